The Labute approximate surface area is 65.3 Å². The summed E-state index contributed by atoms with van der Waals surface area (Å²) >= 11 is 0. The molecule has 0 radical (unpaired) electrons. The highest BCUT2D eigenvalue weighted by molar-refractivity contribution is 5.13. The Morgan fingerprint density at radius 1 is 1.55 bits per heavy atom. The van der Waals surface area contributed by atoms with Crippen molar-refractivity contribution >= 4 is 0 Å². The Kier molecular flexibility index (Phi) is 2.57. The van der Waals surface area contributed by atoms with Crippen LogP contribution in [0.5, 0.6) is 0 Å². The van der Waals surface area contributed by atoms with Crippen LogP contribution in [0.4, 0.5) is 0 Å². The van der Waals surface area contributed by atoms with Gasteiger partial charge in [0.05, 0.1) is 12.3 Å². The van der Waals surface area contributed by atoms with Crippen molar-refractivity contribution in [3.63, 3.8) is 0 Å². The zero-order valence-electron chi connectivity index (χ0n) is 6.36. The first-order valence-electron chi connectivity index (χ1n) is 3.45. The van der Waals surface area contributed by atoms with Gasteiger partial charge in [0.2, 0.25) is 0 Å². The van der Waals surface area contributed by atoms with Crippen LogP contribution in [0.15, 0.2) is 18.3 Å². The van der Waals surface area contributed by atoms with E-state index in [4.69, 9.17) is 10.2 Å². The van der Waals surface area contributed by atoms with Gasteiger partial charge in [-0.3, -0.25) is 4.98 Å². The maximum absolute atomic E-state index is 9.11. The fourth-order valence-corrected chi connectivity index (χ4v) is 0.770. The van der Waals surface area contributed by atoms with Crippen LogP contribution in [0, 0.1) is 6.92 Å². The summed E-state index contributed by atoms with van der Waals surface area (Å²) in [6, 6.07) is 3.55. The Morgan fingerprint density at radius 3 is 2.73 bits per heavy atom. The molecule has 0 aromatic carbocycles. The van der Waals surface area contributed by atoms with E-state index in [0.717, 1.165) is 5.56 Å². The molecule has 0 fully saturated rings. The molecule has 1 rings (SSSR count). The molecule has 0 spiro atoms. The summed E-state index contributed by atoms with van der Waals surface area (Å²) in [5.74, 6) is 0. The number of rotatable bonds is 2. The summed E-state index contributed by atoms with van der Waals surface area (Å²) in [5, 5.41) is 17.7. The zero-order valence-corrected chi connectivity index (χ0v) is 6.36. The number of aliphatic hydroxyl groups is 2. The summed E-state index contributed by atoms with van der Waals surface area (Å²) in [6.07, 6.45) is 0.810. The van der Waals surface area contributed by atoms with Gasteiger partial charge in [0.1, 0.15) is 6.10 Å². The van der Waals surface area contributed by atoms with Gasteiger partial charge in [-0.25, -0.2) is 0 Å². The van der Waals surface area contributed by atoms with Gasteiger partial charge in [-0.2, -0.15) is 0 Å². The van der Waals surface area contributed by atoms with Crippen molar-refractivity contribution < 1.29 is 10.2 Å². The second-order valence-electron chi connectivity index (χ2n) is 2.46. The van der Waals surface area contributed by atoms with Crippen LogP contribution in [-0.2, 0) is 0 Å². The second-order valence-corrected chi connectivity index (χ2v) is 2.46. The van der Waals surface area contributed by atoms with E-state index < -0.39 is 6.10 Å². The molecule has 1 aromatic rings. The van der Waals surface area contributed by atoms with Gasteiger partial charge < -0.3 is 10.2 Å². The number of aromatic nitrogens is 1. The molecule has 3 heteroatoms. The smallest absolute Gasteiger partial charge is 0.119 e. The van der Waals surface area contributed by atoms with E-state index in [9.17, 15) is 0 Å². The number of aryl methyl sites for hydroxylation is 1. The summed E-state index contributed by atoms with van der Waals surface area (Å²) in [6.45, 7) is 1.64. The van der Waals surface area contributed by atoms with Gasteiger partial charge in [0.15, 0.2) is 0 Å². The van der Waals surface area contributed by atoms with Crippen LogP contribution < -0.4 is 0 Å². The molecule has 0 aliphatic carbocycles. The van der Waals surface area contributed by atoms with Crippen LogP contribution in [-0.4, -0.2) is 21.8 Å². The number of hydrogen-bond acceptors (Lipinski definition) is 3. The summed E-state index contributed by atoms with van der Waals surface area (Å²) < 4.78 is 0. The zero-order chi connectivity index (χ0) is 8.27. The van der Waals surface area contributed by atoms with Crippen LogP contribution in [0.2, 0.25) is 0 Å². The summed E-state index contributed by atoms with van der Waals surface area (Å²) in [7, 11) is 0. The topological polar surface area (TPSA) is 53.4 Å². The molecule has 0 saturated heterocycles. The first-order chi connectivity index (χ1) is 5.24. The lowest BCUT2D eigenvalue weighted by atomic mass is 10.2. The van der Waals surface area contributed by atoms with E-state index in [1.807, 2.05) is 13.0 Å². The van der Waals surface area contributed by atoms with Crippen molar-refractivity contribution in [2.45, 2.75) is 13.0 Å². The monoisotopic (exact) mass is 153 g/mol. The molecule has 0 amide bonds. The second kappa shape index (κ2) is 3.46. The maximum atomic E-state index is 9.11. The van der Waals surface area contributed by atoms with Crippen LogP contribution in [0.3, 0.4) is 0 Å². The number of nitrogens with zero attached hydrogens (tertiary/aromatic N) is 1. The van der Waals surface area contributed by atoms with Crippen molar-refractivity contribution in [3.8, 4) is 0 Å². The molecule has 2 N–H and O–H groups in total. The molecular formula is C8H11NO2. The Balaban J connectivity index is 2.81. The first kappa shape index (κ1) is 8.17. The van der Waals surface area contributed by atoms with Crippen molar-refractivity contribution in [1.29, 1.82) is 0 Å². The Hall–Kier alpha value is -0.930. The quantitative estimate of drug-likeness (QED) is 0.647. The SMILES string of the molecule is Cc1ccc(C(O)CO)nc1. The molecule has 0 aliphatic rings. The minimum absolute atomic E-state index is 0.282. The van der Waals surface area contributed by atoms with Crippen molar-refractivity contribution in [1.82, 2.24) is 4.98 Å². The maximum Gasteiger partial charge on any atom is 0.119 e. The van der Waals surface area contributed by atoms with Gasteiger partial charge in [0, 0.05) is 6.20 Å². The number of hydrogen-bond donors (Lipinski definition) is 2. The standard InChI is InChI=1S/C8H11NO2/c1-6-2-3-7(9-4-6)8(11)5-10/h2-4,8,10-11H,5H2,1H3. The third-order valence-electron chi connectivity index (χ3n) is 1.45. The summed E-state index contributed by atoms with van der Waals surface area (Å²) in [4.78, 5) is 3.94. The largest absolute Gasteiger partial charge is 0.393 e. The highest BCUT2D eigenvalue weighted by Gasteiger charge is 2.05. The molecule has 11 heavy (non-hydrogen) atoms. The molecule has 1 unspecified atom stereocenters. The fourth-order valence-electron chi connectivity index (χ4n) is 0.770. The third kappa shape index (κ3) is 2.00. The third-order valence-corrected chi connectivity index (χ3v) is 1.45. The van der Waals surface area contributed by atoms with Crippen LogP contribution >= 0.6 is 0 Å². The predicted molar refractivity (Wildman–Crippen MR) is 41.0 cm³/mol. The number of aliphatic hydroxyl groups excluding tert-OH is 2. The molecule has 1 atom stereocenters. The fraction of sp³-hybridized carbons (Fsp3) is 0.375. The highest BCUT2D eigenvalue weighted by Crippen LogP contribution is 2.08. The van der Waals surface area contributed by atoms with E-state index in [2.05, 4.69) is 4.98 Å². The molecule has 0 bridgehead atoms. The molecule has 1 heterocycles. The molecule has 60 valence electrons. The number of pyridine rings is 1. The molecule has 1 aromatic heterocycles. The molecule has 0 aliphatic heterocycles. The molecule has 0 saturated carbocycles. The minimum Gasteiger partial charge on any atom is -0.393 e. The lowest BCUT2D eigenvalue weighted by molar-refractivity contribution is 0.0922. The Morgan fingerprint density at radius 2 is 2.27 bits per heavy atom. The van der Waals surface area contributed by atoms with Gasteiger partial charge in [-0.05, 0) is 18.6 Å². The Bertz CT molecular complexity index is 220. The lowest BCUT2D eigenvalue weighted by Gasteiger charge is -2.05. The predicted octanol–water partition coefficient (Wildman–Crippen LogP) is 0.416. The van der Waals surface area contributed by atoms with Gasteiger partial charge >= 0.3 is 0 Å². The van der Waals surface area contributed by atoms with Crippen molar-refractivity contribution in [3.05, 3.63) is 29.6 Å². The highest BCUT2D eigenvalue weighted by atomic mass is 16.3. The van der Waals surface area contributed by atoms with E-state index in [-0.39, 0.29) is 6.61 Å². The van der Waals surface area contributed by atoms with Crippen molar-refractivity contribution in [2.75, 3.05) is 6.61 Å². The van der Waals surface area contributed by atoms with Crippen LogP contribution in [0.25, 0.3) is 0 Å². The average molecular weight is 153 g/mol. The van der Waals surface area contributed by atoms with Gasteiger partial charge in [0.25, 0.3) is 0 Å². The van der Waals surface area contributed by atoms with E-state index in [1.165, 1.54) is 0 Å². The van der Waals surface area contributed by atoms with Gasteiger partial charge in [-0.1, -0.05) is 6.07 Å². The molecular weight excluding hydrogens is 142 g/mol. The van der Waals surface area contributed by atoms with Crippen LogP contribution in [0.1, 0.15) is 17.4 Å². The minimum atomic E-state index is -0.851. The average Bonchev–Trinajstić information content (AvgIpc) is 2.05. The molecule has 3 nitrogen and oxygen atoms in total. The van der Waals surface area contributed by atoms with E-state index in [0.29, 0.717) is 5.69 Å². The lowest BCUT2D eigenvalue weighted by Crippen LogP contribution is -2.04. The van der Waals surface area contributed by atoms with Crippen molar-refractivity contribution in [2.24, 2.45) is 0 Å². The van der Waals surface area contributed by atoms with Gasteiger partial charge in [-0.15, -0.1) is 0 Å². The normalized spacial score (nSPS) is 13.0. The summed E-state index contributed by atoms with van der Waals surface area (Å²) in [5.41, 5.74) is 1.55. The van der Waals surface area contributed by atoms with E-state index in [1.54, 1.807) is 12.3 Å². The first-order valence-corrected chi connectivity index (χ1v) is 3.45. The van der Waals surface area contributed by atoms with E-state index >= 15 is 0 Å².